The summed E-state index contributed by atoms with van der Waals surface area (Å²) in [6.07, 6.45) is 1.38. The van der Waals surface area contributed by atoms with Gasteiger partial charge in [-0.15, -0.1) is 0 Å². The van der Waals surface area contributed by atoms with Crippen LogP contribution in [0.25, 0.3) is 5.57 Å². The molecule has 1 aliphatic rings. The number of nitrogens with zero attached hydrogens (tertiary/aromatic N) is 1. The lowest BCUT2D eigenvalue weighted by molar-refractivity contribution is -0.136. The Balaban J connectivity index is 1.62. The van der Waals surface area contributed by atoms with Gasteiger partial charge >= 0.3 is 0 Å². The van der Waals surface area contributed by atoms with Crippen molar-refractivity contribution in [3.8, 4) is 0 Å². The van der Waals surface area contributed by atoms with E-state index >= 15 is 0 Å². The molecule has 1 aliphatic heterocycles. The molecule has 1 N–H and O–H groups in total. The second kappa shape index (κ2) is 8.96. The molecule has 0 aliphatic carbocycles. The van der Waals surface area contributed by atoms with Crippen LogP contribution in [0.2, 0.25) is 0 Å². The molecule has 3 aromatic rings. The van der Waals surface area contributed by atoms with Crippen LogP contribution in [0.3, 0.4) is 0 Å². The third-order valence-corrected chi connectivity index (χ3v) is 5.40. The maximum atomic E-state index is 13.2. The third-order valence-electron chi connectivity index (χ3n) is 5.40. The van der Waals surface area contributed by atoms with Crippen molar-refractivity contribution in [2.45, 2.75) is 19.8 Å². The Bertz CT molecular complexity index is 1120. The highest BCUT2D eigenvalue weighted by Gasteiger charge is 2.38. The molecule has 0 saturated carbocycles. The van der Waals surface area contributed by atoms with E-state index in [9.17, 15) is 14.0 Å². The summed E-state index contributed by atoms with van der Waals surface area (Å²) in [6.45, 7) is 2.30. The van der Waals surface area contributed by atoms with E-state index in [2.05, 4.69) is 12.2 Å². The van der Waals surface area contributed by atoms with Gasteiger partial charge in [-0.1, -0.05) is 61.5 Å². The van der Waals surface area contributed by atoms with E-state index in [1.54, 1.807) is 12.1 Å². The number of carbonyl (C=O) groups is 2. The summed E-state index contributed by atoms with van der Waals surface area (Å²) in [5.74, 6) is -0.998. The minimum absolute atomic E-state index is 0.222. The lowest BCUT2D eigenvalue weighted by Gasteiger charge is -2.15. The molecule has 4 nitrogen and oxygen atoms in total. The minimum atomic E-state index is -0.356. The molecular weight excluding hydrogens is 391 g/mol. The Hall–Kier alpha value is -3.73. The van der Waals surface area contributed by atoms with Gasteiger partial charge in [0.1, 0.15) is 11.5 Å². The molecule has 0 spiro atoms. The molecule has 0 atom stereocenters. The van der Waals surface area contributed by atoms with Gasteiger partial charge in [-0.05, 0) is 53.8 Å². The van der Waals surface area contributed by atoms with Crippen molar-refractivity contribution < 1.29 is 14.0 Å². The molecule has 4 rings (SSSR count). The molecule has 0 unspecified atom stereocenters. The molecule has 5 heteroatoms. The fourth-order valence-corrected chi connectivity index (χ4v) is 3.63. The van der Waals surface area contributed by atoms with Gasteiger partial charge in [0.25, 0.3) is 11.8 Å². The summed E-state index contributed by atoms with van der Waals surface area (Å²) in [7, 11) is 0. The highest BCUT2D eigenvalue weighted by molar-refractivity contribution is 6.36. The van der Waals surface area contributed by atoms with Crippen LogP contribution in [0.1, 0.15) is 23.6 Å². The molecule has 3 aromatic carbocycles. The van der Waals surface area contributed by atoms with Crippen molar-refractivity contribution in [3.05, 3.63) is 107 Å². The van der Waals surface area contributed by atoms with Crippen LogP contribution >= 0.6 is 0 Å². The van der Waals surface area contributed by atoms with Crippen molar-refractivity contribution >= 4 is 23.1 Å². The number of anilines is 1. The average Bonchev–Trinajstić information content (AvgIpc) is 3.03. The highest BCUT2D eigenvalue weighted by atomic mass is 19.1. The van der Waals surface area contributed by atoms with Crippen LogP contribution in [0.15, 0.2) is 84.6 Å². The summed E-state index contributed by atoms with van der Waals surface area (Å²) in [5, 5.41) is 3.17. The Morgan fingerprint density at radius 1 is 0.806 bits per heavy atom. The Morgan fingerprint density at radius 2 is 1.45 bits per heavy atom. The van der Waals surface area contributed by atoms with Crippen LogP contribution in [0, 0.1) is 5.82 Å². The smallest absolute Gasteiger partial charge is 0.278 e. The number of imide groups is 1. The average molecular weight is 414 g/mol. The molecule has 0 bridgehead atoms. The van der Waals surface area contributed by atoms with E-state index in [1.807, 2.05) is 54.6 Å². The van der Waals surface area contributed by atoms with Crippen LogP contribution in [-0.4, -0.2) is 23.3 Å². The van der Waals surface area contributed by atoms with E-state index in [0.29, 0.717) is 17.6 Å². The second-order valence-corrected chi connectivity index (χ2v) is 7.43. The second-order valence-electron chi connectivity index (χ2n) is 7.43. The molecule has 31 heavy (non-hydrogen) atoms. The summed E-state index contributed by atoms with van der Waals surface area (Å²) < 4.78 is 13.2. The Morgan fingerprint density at radius 3 is 2.10 bits per heavy atom. The van der Waals surface area contributed by atoms with Gasteiger partial charge in [0, 0.05) is 12.2 Å². The summed E-state index contributed by atoms with van der Waals surface area (Å²) in [6, 6.07) is 23.1. The zero-order valence-corrected chi connectivity index (χ0v) is 17.3. The van der Waals surface area contributed by atoms with Gasteiger partial charge in [-0.2, -0.15) is 0 Å². The Kier molecular flexibility index (Phi) is 5.94. The first kappa shape index (κ1) is 20.5. The van der Waals surface area contributed by atoms with E-state index in [-0.39, 0.29) is 29.9 Å². The largest absolute Gasteiger partial charge is 0.350 e. The predicted octanol–water partition coefficient (Wildman–Crippen LogP) is 4.82. The number of aryl methyl sites for hydroxylation is 1. The Labute approximate surface area is 181 Å². The van der Waals surface area contributed by atoms with Gasteiger partial charge in [0.15, 0.2) is 0 Å². The summed E-state index contributed by atoms with van der Waals surface area (Å²) in [5.41, 5.74) is 4.14. The number of benzene rings is 3. The van der Waals surface area contributed by atoms with Gasteiger partial charge < -0.3 is 5.32 Å². The van der Waals surface area contributed by atoms with Gasteiger partial charge in [0.2, 0.25) is 0 Å². The molecule has 0 aromatic heterocycles. The monoisotopic (exact) mass is 414 g/mol. The number of rotatable bonds is 7. The van der Waals surface area contributed by atoms with Crippen molar-refractivity contribution in [1.29, 1.82) is 0 Å². The number of hydrogen-bond donors (Lipinski definition) is 1. The maximum absolute atomic E-state index is 13.2. The van der Waals surface area contributed by atoms with E-state index in [0.717, 1.165) is 17.7 Å². The van der Waals surface area contributed by atoms with E-state index in [4.69, 9.17) is 0 Å². The summed E-state index contributed by atoms with van der Waals surface area (Å²) >= 11 is 0. The van der Waals surface area contributed by atoms with Gasteiger partial charge in [-0.3, -0.25) is 14.5 Å². The fourth-order valence-electron chi connectivity index (χ4n) is 3.63. The lowest BCUT2D eigenvalue weighted by Crippen LogP contribution is -2.34. The normalized spacial score (nSPS) is 13.8. The molecule has 156 valence electrons. The standard InChI is InChI=1S/C26H23FN2O2/c1-2-18-10-14-22(15-11-18)28-24-23(20-6-4-3-5-7-20)25(30)29(26(24)31)17-16-19-8-12-21(27)13-9-19/h3-15,28H,2,16-17H2,1H3. The van der Waals surface area contributed by atoms with Crippen molar-refractivity contribution in [3.63, 3.8) is 0 Å². The molecule has 0 saturated heterocycles. The first-order valence-corrected chi connectivity index (χ1v) is 10.3. The number of hydrogen-bond acceptors (Lipinski definition) is 3. The molecular formula is C26H23FN2O2. The van der Waals surface area contributed by atoms with E-state index in [1.165, 1.54) is 22.6 Å². The van der Waals surface area contributed by atoms with Gasteiger partial charge in [-0.25, -0.2) is 4.39 Å². The molecule has 0 radical (unpaired) electrons. The fraction of sp³-hybridized carbons (Fsp3) is 0.154. The number of amides is 2. The molecule has 1 heterocycles. The van der Waals surface area contributed by atoms with Crippen LogP contribution in [0.4, 0.5) is 10.1 Å². The molecule has 0 fully saturated rings. The van der Waals surface area contributed by atoms with Crippen LogP contribution < -0.4 is 5.32 Å². The summed E-state index contributed by atoms with van der Waals surface area (Å²) in [4.78, 5) is 27.7. The number of nitrogens with one attached hydrogen (secondary N) is 1. The lowest BCUT2D eigenvalue weighted by atomic mass is 10.0. The zero-order chi connectivity index (χ0) is 21.8. The maximum Gasteiger partial charge on any atom is 0.278 e. The van der Waals surface area contributed by atoms with Gasteiger partial charge in [0.05, 0.1) is 5.57 Å². The van der Waals surface area contributed by atoms with E-state index < -0.39 is 0 Å². The number of halogens is 1. The third kappa shape index (κ3) is 4.40. The first-order valence-electron chi connectivity index (χ1n) is 10.3. The minimum Gasteiger partial charge on any atom is -0.350 e. The zero-order valence-electron chi connectivity index (χ0n) is 17.3. The topological polar surface area (TPSA) is 49.4 Å². The quantitative estimate of drug-likeness (QED) is 0.564. The highest BCUT2D eigenvalue weighted by Crippen LogP contribution is 2.30. The van der Waals surface area contributed by atoms with Crippen LogP contribution in [-0.2, 0) is 22.4 Å². The van der Waals surface area contributed by atoms with Crippen LogP contribution in [0.5, 0.6) is 0 Å². The van der Waals surface area contributed by atoms with Crippen molar-refractivity contribution in [1.82, 2.24) is 4.90 Å². The number of carbonyl (C=O) groups excluding carboxylic acids is 2. The first-order chi connectivity index (χ1) is 15.1. The van der Waals surface area contributed by atoms with Crippen molar-refractivity contribution in [2.24, 2.45) is 0 Å². The van der Waals surface area contributed by atoms with Crippen molar-refractivity contribution in [2.75, 3.05) is 11.9 Å². The SMILES string of the molecule is CCc1ccc(NC2=C(c3ccccc3)C(=O)N(CCc3ccc(F)cc3)C2=O)cc1. The molecule has 2 amide bonds. The predicted molar refractivity (Wildman–Crippen MR) is 120 cm³/mol.